The summed E-state index contributed by atoms with van der Waals surface area (Å²) in [6.45, 7) is 4.59. The molecule has 2 aromatic rings. The van der Waals surface area contributed by atoms with E-state index in [1.165, 1.54) is 12.5 Å². The molecule has 184 valence electrons. The molecule has 0 radical (unpaired) electrons. The fourth-order valence-electron chi connectivity index (χ4n) is 5.85. The van der Waals surface area contributed by atoms with Crippen molar-refractivity contribution in [2.45, 2.75) is 83.5 Å². The van der Waals surface area contributed by atoms with Crippen molar-refractivity contribution in [3.8, 4) is 5.75 Å². The summed E-state index contributed by atoms with van der Waals surface area (Å²) in [5.41, 5.74) is 1.65. The van der Waals surface area contributed by atoms with Gasteiger partial charge < -0.3 is 4.74 Å². The van der Waals surface area contributed by atoms with Gasteiger partial charge in [0.1, 0.15) is 11.6 Å². The summed E-state index contributed by atoms with van der Waals surface area (Å²) < 4.78 is 49.8. The van der Waals surface area contributed by atoms with Crippen molar-refractivity contribution in [2.75, 3.05) is 6.61 Å². The van der Waals surface area contributed by atoms with Gasteiger partial charge in [0.15, 0.2) is 11.6 Å². The lowest BCUT2D eigenvalue weighted by atomic mass is 9.75. The zero-order chi connectivity index (χ0) is 24.1. The smallest absolute Gasteiger partial charge is 0.162 e. The van der Waals surface area contributed by atoms with Crippen LogP contribution in [0, 0.1) is 29.3 Å². The Balaban J connectivity index is 1.36. The van der Waals surface area contributed by atoms with Gasteiger partial charge in [-0.15, -0.1) is 0 Å². The zero-order valence-electron chi connectivity index (χ0n) is 20.5. The minimum atomic E-state index is -0.634. The third kappa shape index (κ3) is 5.70. The highest BCUT2D eigenvalue weighted by Crippen LogP contribution is 2.42. The maximum atomic E-state index is 15.1. The van der Waals surface area contributed by atoms with Crippen molar-refractivity contribution in [2.24, 2.45) is 11.8 Å². The van der Waals surface area contributed by atoms with Gasteiger partial charge in [-0.2, -0.15) is 0 Å². The highest BCUT2D eigenvalue weighted by molar-refractivity contribution is 5.52. The van der Waals surface area contributed by atoms with Gasteiger partial charge in [-0.25, -0.2) is 13.2 Å². The Morgan fingerprint density at radius 1 is 0.794 bits per heavy atom. The van der Waals surface area contributed by atoms with E-state index in [-0.39, 0.29) is 17.7 Å². The van der Waals surface area contributed by atoms with E-state index < -0.39 is 11.6 Å². The van der Waals surface area contributed by atoms with Crippen molar-refractivity contribution in [1.29, 1.82) is 0 Å². The third-order valence-electron chi connectivity index (χ3n) is 8.05. The first-order valence-electron chi connectivity index (χ1n) is 13.1. The quantitative estimate of drug-likeness (QED) is 0.392. The highest BCUT2D eigenvalue weighted by Gasteiger charge is 2.29. The molecule has 2 saturated carbocycles. The van der Waals surface area contributed by atoms with Crippen LogP contribution in [0.3, 0.4) is 0 Å². The second kappa shape index (κ2) is 11.5. The Morgan fingerprint density at radius 2 is 1.38 bits per heavy atom. The van der Waals surface area contributed by atoms with E-state index in [9.17, 15) is 4.39 Å². The molecule has 0 heterocycles. The Kier molecular flexibility index (Phi) is 8.39. The molecule has 0 unspecified atom stereocenters. The summed E-state index contributed by atoms with van der Waals surface area (Å²) in [5.74, 6) is 0.238. The predicted molar refractivity (Wildman–Crippen MR) is 133 cm³/mol. The number of hydrogen-bond donors (Lipinski definition) is 0. The van der Waals surface area contributed by atoms with E-state index >= 15 is 8.78 Å². The Labute approximate surface area is 202 Å². The minimum absolute atomic E-state index is 0.0474. The van der Waals surface area contributed by atoms with Crippen LogP contribution in [0.1, 0.15) is 100 Å². The zero-order valence-corrected chi connectivity index (χ0v) is 20.5. The van der Waals surface area contributed by atoms with Crippen LogP contribution in [-0.2, 0) is 0 Å². The van der Waals surface area contributed by atoms with E-state index in [4.69, 9.17) is 4.74 Å². The molecule has 0 spiro atoms. The summed E-state index contributed by atoms with van der Waals surface area (Å²) in [7, 11) is 0. The van der Waals surface area contributed by atoms with Crippen LogP contribution in [0.4, 0.5) is 13.2 Å². The number of halogens is 3. The first-order valence-corrected chi connectivity index (χ1v) is 13.1. The number of allylic oxidation sites excluding steroid dienone is 1. The summed E-state index contributed by atoms with van der Waals surface area (Å²) >= 11 is 0. The molecule has 2 aliphatic carbocycles. The van der Waals surface area contributed by atoms with Crippen LogP contribution in [-0.4, -0.2) is 6.61 Å². The second-order valence-corrected chi connectivity index (χ2v) is 10.1. The van der Waals surface area contributed by atoms with Gasteiger partial charge in [0.25, 0.3) is 0 Å². The normalized spacial score (nSPS) is 25.6. The molecule has 0 atom stereocenters. The summed E-state index contributed by atoms with van der Waals surface area (Å²) in [6, 6.07) is 8.62. The Morgan fingerprint density at radius 3 is 1.91 bits per heavy atom. The lowest BCUT2D eigenvalue weighted by molar-refractivity contribution is 0.311. The molecule has 0 N–H and O–H groups in total. The van der Waals surface area contributed by atoms with E-state index in [1.54, 1.807) is 12.1 Å². The lowest BCUT2D eigenvalue weighted by Crippen LogP contribution is -2.16. The maximum absolute atomic E-state index is 15.1. The molecule has 0 saturated heterocycles. The van der Waals surface area contributed by atoms with Gasteiger partial charge in [-0.3, -0.25) is 0 Å². The van der Waals surface area contributed by atoms with Gasteiger partial charge in [-0.05, 0) is 105 Å². The molecule has 0 amide bonds. The molecular formula is C30H37F3O. The number of ether oxygens (including phenoxy) is 1. The molecule has 2 aromatic carbocycles. The molecule has 34 heavy (non-hydrogen) atoms. The van der Waals surface area contributed by atoms with Crippen LogP contribution in [0.5, 0.6) is 5.75 Å². The molecule has 0 aromatic heterocycles. The van der Waals surface area contributed by atoms with Crippen molar-refractivity contribution >= 4 is 6.08 Å². The molecule has 0 aliphatic heterocycles. The Hall–Kier alpha value is -2.23. The number of rotatable bonds is 7. The van der Waals surface area contributed by atoms with E-state index in [2.05, 4.69) is 13.0 Å². The van der Waals surface area contributed by atoms with Crippen molar-refractivity contribution in [3.63, 3.8) is 0 Å². The summed E-state index contributed by atoms with van der Waals surface area (Å²) in [4.78, 5) is 0. The largest absolute Gasteiger partial charge is 0.494 e. The molecule has 1 nitrogen and oxygen atoms in total. The number of hydrogen-bond acceptors (Lipinski definition) is 1. The molecule has 2 aliphatic rings. The first kappa shape index (κ1) is 24.9. The molecule has 2 fully saturated rings. The second-order valence-electron chi connectivity index (χ2n) is 10.1. The van der Waals surface area contributed by atoms with E-state index in [0.717, 1.165) is 57.3 Å². The Bertz CT molecular complexity index is 983. The van der Waals surface area contributed by atoms with Gasteiger partial charge >= 0.3 is 0 Å². The van der Waals surface area contributed by atoms with E-state index in [0.29, 0.717) is 35.0 Å². The van der Waals surface area contributed by atoms with Crippen molar-refractivity contribution in [3.05, 3.63) is 70.5 Å². The molecule has 0 bridgehead atoms. The van der Waals surface area contributed by atoms with Crippen molar-refractivity contribution < 1.29 is 17.9 Å². The summed E-state index contributed by atoms with van der Waals surface area (Å²) in [5, 5.41) is 0. The fraction of sp³-hybridized carbons (Fsp3) is 0.533. The predicted octanol–water partition coefficient (Wildman–Crippen LogP) is 9.17. The third-order valence-corrected chi connectivity index (χ3v) is 8.05. The van der Waals surface area contributed by atoms with Gasteiger partial charge in [0, 0.05) is 11.6 Å². The topological polar surface area (TPSA) is 9.23 Å². The molecule has 4 heteroatoms. The standard InChI is InChI=1S/C30H37F3O/c1-3-20-5-10-22(11-6-20)26-17-18-27(30(33)29(26)32)23-12-7-21(8-13-23)9-14-24-15-16-25(34-4-2)19-28(24)31/h9,14-23H,3-8,10-13H2,1-2H3. The fourth-order valence-corrected chi connectivity index (χ4v) is 5.85. The molecule has 4 rings (SSSR count). The first-order chi connectivity index (χ1) is 16.5. The van der Waals surface area contributed by atoms with E-state index in [1.807, 2.05) is 25.1 Å². The van der Waals surface area contributed by atoms with Crippen LogP contribution < -0.4 is 4.74 Å². The van der Waals surface area contributed by atoms with Crippen LogP contribution in [0.15, 0.2) is 36.4 Å². The van der Waals surface area contributed by atoms with Crippen LogP contribution in [0.25, 0.3) is 6.08 Å². The summed E-state index contributed by atoms with van der Waals surface area (Å²) in [6.07, 6.45) is 12.6. The van der Waals surface area contributed by atoms with Gasteiger partial charge in [-0.1, -0.05) is 37.6 Å². The van der Waals surface area contributed by atoms with Gasteiger partial charge in [0.2, 0.25) is 0 Å². The average Bonchev–Trinajstić information content (AvgIpc) is 2.86. The average molecular weight is 471 g/mol. The highest BCUT2D eigenvalue weighted by atomic mass is 19.2. The minimum Gasteiger partial charge on any atom is -0.494 e. The monoisotopic (exact) mass is 470 g/mol. The maximum Gasteiger partial charge on any atom is 0.162 e. The molecular weight excluding hydrogens is 433 g/mol. The van der Waals surface area contributed by atoms with Crippen LogP contribution >= 0.6 is 0 Å². The number of benzene rings is 2. The van der Waals surface area contributed by atoms with Crippen LogP contribution in [0.2, 0.25) is 0 Å². The van der Waals surface area contributed by atoms with Crippen molar-refractivity contribution in [1.82, 2.24) is 0 Å². The van der Waals surface area contributed by atoms with Gasteiger partial charge in [0.05, 0.1) is 6.61 Å². The lowest BCUT2D eigenvalue weighted by Gasteiger charge is -2.30. The SMILES string of the molecule is CCOc1ccc(C=CC2CCC(c3ccc(C4CCC(CC)CC4)c(F)c3F)CC2)c(F)c1.